The van der Waals surface area contributed by atoms with Crippen LogP contribution in [0, 0.1) is 0 Å². The zero-order valence-corrected chi connectivity index (χ0v) is 16.9. The zero-order valence-electron chi connectivity index (χ0n) is 15.4. The molecule has 10 heteroatoms. The lowest BCUT2D eigenvalue weighted by atomic mass is 10.3. The van der Waals surface area contributed by atoms with Gasteiger partial charge in [-0.05, 0) is 37.3 Å². The molecule has 0 aromatic carbocycles. The lowest BCUT2D eigenvalue weighted by Gasteiger charge is -2.10. The van der Waals surface area contributed by atoms with E-state index in [0.717, 1.165) is 17.7 Å². The number of amides is 1. The number of halogens is 1. The minimum absolute atomic E-state index is 0.112. The second kappa shape index (κ2) is 7.76. The van der Waals surface area contributed by atoms with Crippen LogP contribution in [0.3, 0.4) is 0 Å². The molecule has 8 nitrogen and oxygen atoms in total. The van der Waals surface area contributed by atoms with Crippen molar-refractivity contribution in [3.63, 3.8) is 0 Å². The molecule has 3 aromatic rings. The standard InChI is InChI=1S/C18H19ClN6O2S/c1-3-28(13-10-20-24(2)11-13)23-18(26)14-6-7-15(21-17(14)19)25-9-8-16(22-25)27-12-4-5-12/h3,6-12H,4-5H2,1-2H3,(H,23,26). The van der Waals surface area contributed by atoms with Crippen molar-refractivity contribution in [3.8, 4) is 11.7 Å². The van der Waals surface area contributed by atoms with E-state index < -0.39 is 10.7 Å². The molecule has 3 aromatic heterocycles. The average molecular weight is 419 g/mol. The smallest absolute Gasteiger partial charge is 0.264 e. The van der Waals surface area contributed by atoms with Gasteiger partial charge in [0.05, 0.1) is 16.7 Å². The Labute approximate surface area is 169 Å². The SMILES string of the molecule is C/C=S(/NC(=O)c1ccc(-n2ccc(OC3CC3)n2)nc1Cl)c1cnn(C)c1. The molecule has 1 fully saturated rings. The highest BCUT2D eigenvalue weighted by atomic mass is 35.5. The third kappa shape index (κ3) is 4.10. The number of hydrogen-bond donors (Lipinski definition) is 1. The summed E-state index contributed by atoms with van der Waals surface area (Å²) in [6.07, 6.45) is 7.75. The summed E-state index contributed by atoms with van der Waals surface area (Å²) in [6.45, 7) is 1.89. The second-order valence-electron chi connectivity index (χ2n) is 6.28. The molecule has 1 aliphatic carbocycles. The van der Waals surface area contributed by atoms with Gasteiger partial charge in [-0.15, -0.1) is 5.10 Å². The van der Waals surface area contributed by atoms with Crippen LogP contribution in [0.25, 0.3) is 5.82 Å². The predicted molar refractivity (Wildman–Crippen MR) is 108 cm³/mol. The summed E-state index contributed by atoms with van der Waals surface area (Å²) in [7, 11) is 1.25. The number of carbonyl (C=O) groups is 1. The molecule has 28 heavy (non-hydrogen) atoms. The predicted octanol–water partition coefficient (Wildman–Crippen LogP) is 2.99. The van der Waals surface area contributed by atoms with Gasteiger partial charge in [-0.3, -0.25) is 14.2 Å². The summed E-state index contributed by atoms with van der Waals surface area (Å²) in [5, 5.41) is 10.5. The van der Waals surface area contributed by atoms with Crippen LogP contribution in [0.5, 0.6) is 5.88 Å². The van der Waals surface area contributed by atoms with Crippen LogP contribution in [0.1, 0.15) is 30.1 Å². The van der Waals surface area contributed by atoms with E-state index in [4.69, 9.17) is 16.3 Å². The van der Waals surface area contributed by atoms with Crippen LogP contribution < -0.4 is 9.46 Å². The van der Waals surface area contributed by atoms with Crippen molar-refractivity contribution < 1.29 is 9.53 Å². The first-order valence-electron chi connectivity index (χ1n) is 8.75. The Kier molecular flexibility index (Phi) is 5.19. The number of ether oxygens (including phenoxy) is 1. The van der Waals surface area contributed by atoms with Crippen LogP contribution >= 0.6 is 22.3 Å². The number of aryl methyl sites for hydroxylation is 1. The summed E-state index contributed by atoms with van der Waals surface area (Å²) in [5.41, 5.74) is 0.301. The topological polar surface area (TPSA) is 86.9 Å². The van der Waals surface area contributed by atoms with Gasteiger partial charge in [-0.25, -0.2) is 9.67 Å². The van der Waals surface area contributed by atoms with Crippen LogP contribution in [0.4, 0.5) is 0 Å². The number of pyridine rings is 1. The number of aromatic nitrogens is 5. The molecule has 1 amide bonds. The Hall–Kier alpha value is -2.65. The van der Waals surface area contributed by atoms with Gasteiger partial charge in [0.15, 0.2) is 5.82 Å². The first-order chi connectivity index (χ1) is 13.5. The Bertz CT molecular complexity index is 1060. The highest BCUT2D eigenvalue weighted by molar-refractivity contribution is 8.13. The lowest BCUT2D eigenvalue weighted by molar-refractivity contribution is 0.0984. The van der Waals surface area contributed by atoms with E-state index >= 15 is 0 Å². The minimum Gasteiger partial charge on any atom is -0.473 e. The average Bonchev–Trinajstić information content (AvgIpc) is 3.18. The van der Waals surface area contributed by atoms with Crippen molar-refractivity contribution in [2.45, 2.75) is 30.8 Å². The molecular formula is C18H19ClN6O2S. The molecule has 1 atom stereocenters. The van der Waals surface area contributed by atoms with E-state index in [1.807, 2.05) is 25.5 Å². The normalized spacial score (nSPS) is 14.8. The molecule has 3 heterocycles. The lowest BCUT2D eigenvalue weighted by Crippen LogP contribution is -2.19. The number of nitrogens with one attached hydrogen (secondary N) is 1. The number of rotatable bonds is 6. The van der Waals surface area contributed by atoms with Crippen LogP contribution in [-0.2, 0) is 7.05 Å². The Morgan fingerprint density at radius 2 is 2.21 bits per heavy atom. The monoisotopic (exact) mass is 418 g/mol. The van der Waals surface area contributed by atoms with E-state index in [1.54, 1.807) is 40.0 Å². The molecule has 146 valence electrons. The van der Waals surface area contributed by atoms with Crippen molar-refractivity contribution in [1.29, 1.82) is 0 Å². The molecule has 0 bridgehead atoms. The fourth-order valence-electron chi connectivity index (χ4n) is 2.50. The maximum atomic E-state index is 12.7. The Morgan fingerprint density at radius 1 is 1.39 bits per heavy atom. The molecule has 1 saturated carbocycles. The van der Waals surface area contributed by atoms with Gasteiger partial charge in [-0.1, -0.05) is 22.3 Å². The van der Waals surface area contributed by atoms with Crippen molar-refractivity contribution in [2.24, 2.45) is 7.05 Å². The van der Waals surface area contributed by atoms with Gasteiger partial charge >= 0.3 is 0 Å². The van der Waals surface area contributed by atoms with Crippen LogP contribution in [-0.4, -0.2) is 41.9 Å². The van der Waals surface area contributed by atoms with E-state index in [0.29, 0.717) is 17.3 Å². The quantitative estimate of drug-likeness (QED) is 0.491. The van der Waals surface area contributed by atoms with E-state index in [-0.39, 0.29) is 17.2 Å². The van der Waals surface area contributed by atoms with Gasteiger partial charge in [-0.2, -0.15) is 5.10 Å². The molecule has 1 unspecified atom stereocenters. The Morgan fingerprint density at radius 3 is 2.86 bits per heavy atom. The van der Waals surface area contributed by atoms with E-state index in [2.05, 4.69) is 19.9 Å². The number of carbonyl (C=O) groups excluding carboxylic acids is 1. The largest absolute Gasteiger partial charge is 0.473 e. The molecular weight excluding hydrogens is 400 g/mol. The molecule has 1 aliphatic rings. The summed E-state index contributed by atoms with van der Waals surface area (Å²) < 4.78 is 11.9. The molecule has 0 radical (unpaired) electrons. The van der Waals surface area contributed by atoms with Crippen molar-refractivity contribution >= 4 is 33.5 Å². The van der Waals surface area contributed by atoms with Crippen molar-refractivity contribution in [2.75, 3.05) is 0 Å². The maximum absolute atomic E-state index is 12.7. The molecule has 0 spiro atoms. The van der Waals surface area contributed by atoms with Crippen molar-refractivity contribution in [3.05, 3.63) is 47.5 Å². The molecule has 1 N–H and O–H groups in total. The minimum atomic E-state index is -0.579. The van der Waals surface area contributed by atoms with Crippen molar-refractivity contribution in [1.82, 2.24) is 29.3 Å². The third-order valence-electron chi connectivity index (χ3n) is 4.06. The summed E-state index contributed by atoms with van der Waals surface area (Å²) >= 11 is 6.28. The fourth-order valence-corrected chi connectivity index (χ4v) is 3.98. The first-order valence-corrected chi connectivity index (χ1v) is 10.4. The van der Waals surface area contributed by atoms with Gasteiger partial charge < -0.3 is 4.74 Å². The zero-order chi connectivity index (χ0) is 19.7. The fraction of sp³-hybridized carbons (Fsp3) is 0.278. The Balaban J connectivity index is 1.50. The number of hydrogen-bond acceptors (Lipinski definition) is 5. The summed E-state index contributed by atoms with van der Waals surface area (Å²) in [4.78, 5) is 17.9. The van der Waals surface area contributed by atoms with Crippen LogP contribution in [0.15, 0.2) is 41.7 Å². The maximum Gasteiger partial charge on any atom is 0.264 e. The molecule has 0 saturated heterocycles. The van der Waals surface area contributed by atoms with E-state index in [1.165, 1.54) is 0 Å². The highest BCUT2D eigenvalue weighted by Crippen LogP contribution is 2.26. The third-order valence-corrected chi connectivity index (χ3v) is 5.95. The van der Waals surface area contributed by atoms with Gasteiger partial charge in [0.1, 0.15) is 11.3 Å². The first kappa shape index (κ1) is 18.7. The number of nitrogens with zero attached hydrogens (tertiary/aromatic N) is 5. The van der Waals surface area contributed by atoms with Gasteiger partial charge in [0, 0.05) is 25.5 Å². The summed E-state index contributed by atoms with van der Waals surface area (Å²) in [6, 6.07) is 5.13. The second-order valence-corrected chi connectivity index (χ2v) is 8.46. The summed E-state index contributed by atoms with van der Waals surface area (Å²) in [5.74, 6) is 0.773. The van der Waals surface area contributed by atoms with Gasteiger partial charge in [0.25, 0.3) is 5.91 Å². The van der Waals surface area contributed by atoms with E-state index in [9.17, 15) is 4.79 Å². The highest BCUT2D eigenvalue weighted by Gasteiger charge is 2.24. The van der Waals surface area contributed by atoms with Crippen LogP contribution in [0.2, 0.25) is 5.15 Å². The molecule has 0 aliphatic heterocycles. The van der Waals surface area contributed by atoms with Gasteiger partial charge in [0.2, 0.25) is 5.88 Å². The molecule has 4 rings (SSSR count).